The number of benzene rings is 3. The summed E-state index contributed by atoms with van der Waals surface area (Å²) in [6.07, 6.45) is 3.68. The summed E-state index contributed by atoms with van der Waals surface area (Å²) in [7, 11) is 1.49. The average molecular weight is 542 g/mol. The van der Waals surface area contributed by atoms with Gasteiger partial charge in [-0.2, -0.15) is 0 Å². The number of Topliss-reactive ketones (excluding diaryl/α,β-unsaturated/α-hetero) is 1. The molecule has 0 aliphatic carbocycles. The fraction of sp³-hybridized carbons (Fsp3) is 0.200. The summed E-state index contributed by atoms with van der Waals surface area (Å²) in [6.45, 7) is 1.45. The molecule has 2 saturated heterocycles. The third-order valence-electron chi connectivity index (χ3n) is 7.68. The Balaban J connectivity index is 1.43. The molecule has 9 heteroatoms. The monoisotopic (exact) mass is 541 g/mol. The van der Waals surface area contributed by atoms with Gasteiger partial charge in [0.2, 0.25) is 17.7 Å². The lowest BCUT2D eigenvalue weighted by Crippen LogP contribution is -2.46. The number of ketones is 1. The van der Waals surface area contributed by atoms with Gasteiger partial charge in [-0.25, -0.2) is 4.90 Å². The third kappa shape index (κ3) is 3.90. The van der Waals surface area contributed by atoms with Crippen molar-refractivity contribution in [2.45, 2.75) is 19.0 Å². The molecule has 2 fully saturated rings. The zero-order valence-electron chi connectivity index (χ0n) is 21.1. The zero-order valence-corrected chi connectivity index (χ0v) is 21.9. The number of anilines is 2. The van der Waals surface area contributed by atoms with Crippen molar-refractivity contribution in [1.82, 2.24) is 4.90 Å². The highest BCUT2D eigenvalue weighted by atomic mass is 35.5. The van der Waals surface area contributed by atoms with Gasteiger partial charge in [0.25, 0.3) is 0 Å². The van der Waals surface area contributed by atoms with Crippen LogP contribution >= 0.6 is 11.6 Å². The van der Waals surface area contributed by atoms with Crippen molar-refractivity contribution in [3.63, 3.8) is 0 Å². The number of nitrogens with zero attached hydrogens (tertiary/aromatic N) is 2. The van der Waals surface area contributed by atoms with Crippen LogP contribution in [0, 0.1) is 11.8 Å². The highest BCUT2D eigenvalue weighted by molar-refractivity contribution is 6.31. The first-order valence-electron chi connectivity index (χ1n) is 12.5. The van der Waals surface area contributed by atoms with Gasteiger partial charge in [-0.05, 0) is 66.6 Å². The van der Waals surface area contributed by atoms with E-state index in [1.54, 1.807) is 48.7 Å². The highest BCUT2D eigenvalue weighted by Crippen LogP contribution is 2.53. The number of ether oxygens (including phenoxy) is 1. The zero-order chi connectivity index (χ0) is 27.4. The van der Waals surface area contributed by atoms with Gasteiger partial charge in [-0.15, -0.1) is 0 Å². The van der Waals surface area contributed by atoms with Gasteiger partial charge in [0.1, 0.15) is 11.8 Å². The molecule has 0 bridgehead atoms. The number of rotatable bonds is 5. The van der Waals surface area contributed by atoms with Gasteiger partial charge in [0.15, 0.2) is 5.78 Å². The quantitative estimate of drug-likeness (QED) is 0.371. The molecule has 0 radical (unpaired) electrons. The van der Waals surface area contributed by atoms with Gasteiger partial charge in [-0.3, -0.25) is 19.2 Å². The van der Waals surface area contributed by atoms with Crippen molar-refractivity contribution in [2.75, 3.05) is 17.3 Å². The minimum Gasteiger partial charge on any atom is -0.495 e. The molecule has 3 aliphatic rings. The lowest BCUT2D eigenvalue weighted by Gasteiger charge is -2.35. The summed E-state index contributed by atoms with van der Waals surface area (Å²) in [5, 5.41) is 3.29. The first-order chi connectivity index (χ1) is 18.8. The van der Waals surface area contributed by atoms with Crippen molar-refractivity contribution >= 4 is 52.6 Å². The molecule has 3 amide bonds. The Morgan fingerprint density at radius 2 is 1.67 bits per heavy atom. The second-order valence-electron chi connectivity index (χ2n) is 9.78. The molecule has 196 valence electrons. The highest BCUT2D eigenvalue weighted by Gasteiger charge is 2.64. The normalized spacial score (nSPS) is 22.8. The van der Waals surface area contributed by atoms with Crippen molar-refractivity contribution in [1.29, 1.82) is 0 Å². The Kier molecular flexibility index (Phi) is 5.99. The SMILES string of the molecule is COc1ccc(Cl)cc1NC(=O)[C@@H]1[C@@H]2C(=O)N(c3ccc(C(C)=O)cc3)C(=O)[C@H]2[C@@H]2c3ccccc3C=CN12. The number of imide groups is 1. The van der Waals surface area contributed by atoms with Crippen molar-refractivity contribution < 1.29 is 23.9 Å². The predicted octanol–water partition coefficient (Wildman–Crippen LogP) is 4.71. The van der Waals surface area contributed by atoms with Gasteiger partial charge in [-0.1, -0.05) is 35.9 Å². The summed E-state index contributed by atoms with van der Waals surface area (Å²) in [5.74, 6) is -2.71. The third-order valence-corrected chi connectivity index (χ3v) is 7.92. The average Bonchev–Trinajstić information content (AvgIpc) is 3.41. The maximum Gasteiger partial charge on any atom is 0.248 e. The molecule has 0 aromatic heterocycles. The Morgan fingerprint density at radius 3 is 2.38 bits per heavy atom. The van der Waals surface area contributed by atoms with Crippen LogP contribution < -0.4 is 15.0 Å². The summed E-state index contributed by atoms with van der Waals surface area (Å²) >= 11 is 6.18. The molecular weight excluding hydrogens is 518 g/mol. The molecule has 6 rings (SSSR count). The molecule has 8 nitrogen and oxygen atoms in total. The van der Waals surface area contributed by atoms with E-state index in [1.807, 2.05) is 35.2 Å². The molecule has 0 saturated carbocycles. The van der Waals surface area contributed by atoms with E-state index in [0.29, 0.717) is 27.7 Å². The number of nitrogens with one attached hydrogen (secondary N) is 1. The second kappa shape index (κ2) is 9.39. The topological polar surface area (TPSA) is 96.0 Å². The minimum absolute atomic E-state index is 0.119. The Bertz CT molecular complexity index is 1570. The van der Waals surface area contributed by atoms with E-state index >= 15 is 0 Å². The standard InChI is InChI=1S/C30H24ClN3O5/c1-16(35)17-7-10-20(11-8-17)34-29(37)24-25(30(34)38)27(28(36)32-22-15-19(31)9-12-23(22)39-2)33-14-13-18-5-3-4-6-21(18)26(24)33/h3-15,24-27H,1-2H3,(H,32,36)/t24-,25-,26+,27+/m1/s1. The number of halogens is 1. The molecule has 1 N–H and O–H groups in total. The molecule has 0 unspecified atom stereocenters. The number of hydrogen-bond acceptors (Lipinski definition) is 6. The van der Waals surface area contributed by atoms with Crippen LogP contribution in [0.15, 0.2) is 72.9 Å². The molecule has 3 heterocycles. The minimum atomic E-state index is -0.966. The van der Waals surface area contributed by atoms with Crippen LogP contribution in [0.5, 0.6) is 5.75 Å². The summed E-state index contributed by atoms with van der Waals surface area (Å²) in [6, 6.07) is 17.4. The Morgan fingerprint density at radius 1 is 0.949 bits per heavy atom. The second-order valence-corrected chi connectivity index (χ2v) is 10.2. The van der Waals surface area contributed by atoms with Crippen molar-refractivity contribution in [2.24, 2.45) is 11.8 Å². The fourth-order valence-corrected chi connectivity index (χ4v) is 6.11. The van der Waals surface area contributed by atoms with Crippen molar-refractivity contribution in [3.8, 4) is 5.75 Å². The molecule has 3 aliphatic heterocycles. The Labute approximate surface area is 229 Å². The number of fused-ring (bicyclic) bond motifs is 5. The van der Waals surface area contributed by atoms with Gasteiger partial charge in [0.05, 0.1) is 36.4 Å². The van der Waals surface area contributed by atoms with E-state index in [9.17, 15) is 19.2 Å². The van der Waals surface area contributed by atoms with Crippen LogP contribution in [-0.4, -0.2) is 41.6 Å². The van der Waals surface area contributed by atoms with E-state index < -0.39 is 35.7 Å². The van der Waals surface area contributed by atoms with Gasteiger partial charge in [0, 0.05) is 16.8 Å². The maximum atomic E-state index is 14.0. The fourth-order valence-electron chi connectivity index (χ4n) is 5.94. The van der Waals surface area contributed by atoms with E-state index in [1.165, 1.54) is 14.0 Å². The molecule has 39 heavy (non-hydrogen) atoms. The first-order valence-corrected chi connectivity index (χ1v) is 12.9. The molecule has 0 spiro atoms. The molecule has 3 aromatic carbocycles. The van der Waals surface area contributed by atoms with E-state index in [2.05, 4.69) is 5.32 Å². The predicted molar refractivity (Wildman–Crippen MR) is 146 cm³/mol. The van der Waals surface area contributed by atoms with Gasteiger partial charge >= 0.3 is 0 Å². The van der Waals surface area contributed by atoms with Crippen LogP contribution in [-0.2, 0) is 14.4 Å². The van der Waals surface area contributed by atoms with Crippen LogP contribution in [0.2, 0.25) is 5.02 Å². The summed E-state index contributed by atoms with van der Waals surface area (Å²) < 4.78 is 5.39. The van der Waals surface area contributed by atoms with Crippen molar-refractivity contribution in [3.05, 3.63) is 94.6 Å². The van der Waals surface area contributed by atoms with Crippen LogP contribution in [0.3, 0.4) is 0 Å². The lowest BCUT2D eigenvalue weighted by molar-refractivity contribution is -0.128. The van der Waals surface area contributed by atoms with Crippen LogP contribution in [0.25, 0.3) is 6.08 Å². The van der Waals surface area contributed by atoms with E-state index in [-0.39, 0.29) is 11.7 Å². The number of methoxy groups -OCH3 is 1. The van der Waals surface area contributed by atoms with E-state index in [4.69, 9.17) is 16.3 Å². The van der Waals surface area contributed by atoms with Gasteiger partial charge < -0.3 is 15.0 Å². The first kappa shape index (κ1) is 24.9. The molecular formula is C30H24ClN3O5. The number of amides is 3. The number of carbonyl (C=O) groups excluding carboxylic acids is 4. The summed E-state index contributed by atoms with van der Waals surface area (Å²) in [4.78, 5) is 56.6. The molecule has 3 aromatic rings. The van der Waals surface area contributed by atoms with Crippen LogP contribution in [0.1, 0.15) is 34.5 Å². The number of carbonyl (C=O) groups is 4. The smallest absolute Gasteiger partial charge is 0.248 e. The van der Waals surface area contributed by atoms with Crippen LogP contribution in [0.4, 0.5) is 11.4 Å². The Hall–Kier alpha value is -4.43. The molecule has 4 atom stereocenters. The lowest BCUT2D eigenvalue weighted by atomic mass is 9.84. The van der Waals surface area contributed by atoms with E-state index in [0.717, 1.165) is 16.0 Å². The number of hydrogen-bond donors (Lipinski definition) is 1. The summed E-state index contributed by atoms with van der Waals surface area (Å²) in [5.41, 5.74) is 3.01. The largest absolute Gasteiger partial charge is 0.495 e. The maximum absolute atomic E-state index is 14.0.